The SMILES string of the molecule is CC1(C)c2ccccc2N(c2cc(F)cc(F)c2)c2ccc3cc(C=C4C(=O)c5cc6ccccc6cc5C4=O)ccc3c21. The number of carbonyl (C=O) groups excluding carboxylic acids is 2. The average molecular weight is 578 g/mol. The third-order valence-electron chi connectivity index (χ3n) is 8.99. The molecule has 212 valence electrons. The summed E-state index contributed by atoms with van der Waals surface area (Å²) < 4.78 is 28.9. The van der Waals surface area contributed by atoms with E-state index in [1.807, 2.05) is 77.7 Å². The van der Waals surface area contributed by atoms with E-state index in [0.717, 1.165) is 55.7 Å². The van der Waals surface area contributed by atoms with Crippen LogP contribution in [0, 0.1) is 11.6 Å². The fourth-order valence-electron chi connectivity index (χ4n) is 6.98. The number of nitrogens with zero attached hydrogens (tertiary/aromatic N) is 1. The van der Waals surface area contributed by atoms with E-state index in [0.29, 0.717) is 16.8 Å². The maximum Gasteiger partial charge on any atom is 0.197 e. The molecule has 3 nitrogen and oxygen atoms in total. The van der Waals surface area contributed by atoms with Crippen molar-refractivity contribution < 1.29 is 18.4 Å². The first kappa shape index (κ1) is 26.2. The topological polar surface area (TPSA) is 37.4 Å². The van der Waals surface area contributed by atoms with Crippen molar-refractivity contribution in [3.8, 4) is 0 Å². The van der Waals surface area contributed by atoms with Crippen LogP contribution in [0.5, 0.6) is 0 Å². The summed E-state index contributed by atoms with van der Waals surface area (Å²) in [6.45, 7) is 4.31. The molecule has 6 aromatic rings. The van der Waals surface area contributed by atoms with Crippen molar-refractivity contribution in [2.45, 2.75) is 19.3 Å². The summed E-state index contributed by atoms with van der Waals surface area (Å²) in [6, 6.07) is 32.6. The predicted octanol–water partition coefficient (Wildman–Crippen LogP) is 9.84. The fraction of sp³-hybridized carbons (Fsp3) is 0.0769. The van der Waals surface area contributed by atoms with E-state index in [2.05, 4.69) is 19.9 Å². The summed E-state index contributed by atoms with van der Waals surface area (Å²) in [5, 5.41) is 3.74. The van der Waals surface area contributed by atoms with Crippen molar-refractivity contribution in [3.63, 3.8) is 0 Å². The van der Waals surface area contributed by atoms with Gasteiger partial charge in [-0.2, -0.15) is 0 Å². The normalized spacial score (nSPS) is 15.0. The molecular formula is C39H25F2NO2. The number of halogens is 2. The Kier molecular flexibility index (Phi) is 5.54. The zero-order chi connectivity index (χ0) is 30.3. The van der Waals surface area contributed by atoms with E-state index in [1.54, 1.807) is 18.2 Å². The number of ketones is 2. The molecule has 0 saturated heterocycles. The van der Waals surface area contributed by atoms with Crippen LogP contribution >= 0.6 is 0 Å². The monoisotopic (exact) mass is 577 g/mol. The Bertz CT molecular complexity index is 2200. The van der Waals surface area contributed by atoms with Crippen molar-refractivity contribution in [2.75, 3.05) is 4.90 Å². The predicted molar refractivity (Wildman–Crippen MR) is 171 cm³/mol. The van der Waals surface area contributed by atoms with E-state index in [-0.39, 0.29) is 17.1 Å². The second-order valence-corrected chi connectivity index (χ2v) is 12.0. The highest BCUT2D eigenvalue weighted by molar-refractivity contribution is 6.42. The minimum atomic E-state index is -0.645. The van der Waals surface area contributed by atoms with Gasteiger partial charge >= 0.3 is 0 Å². The number of carbonyl (C=O) groups is 2. The van der Waals surface area contributed by atoms with Gasteiger partial charge in [0, 0.05) is 22.6 Å². The lowest BCUT2D eigenvalue weighted by atomic mass is 9.71. The number of anilines is 3. The van der Waals surface area contributed by atoms with E-state index in [1.165, 1.54) is 12.1 Å². The first-order valence-electron chi connectivity index (χ1n) is 14.5. The number of para-hydroxylation sites is 1. The number of allylic oxidation sites excluding steroid dienone is 1. The minimum absolute atomic E-state index is 0.154. The number of rotatable bonds is 2. The van der Waals surface area contributed by atoms with Gasteiger partial charge in [0.25, 0.3) is 0 Å². The molecule has 8 rings (SSSR count). The molecule has 0 spiro atoms. The Morgan fingerprint density at radius 1 is 0.636 bits per heavy atom. The van der Waals surface area contributed by atoms with Gasteiger partial charge in [0.2, 0.25) is 0 Å². The molecule has 0 radical (unpaired) electrons. The Hall–Kier alpha value is -5.42. The smallest absolute Gasteiger partial charge is 0.197 e. The van der Waals surface area contributed by atoms with Gasteiger partial charge in [-0.25, -0.2) is 8.78 Å². The Morgan fingerprint density at radius 3 is 1.95 bits per heavy atom. The minimum Gasteiger partial charge on any atom is -0.310 e. The maximum absolute atomic E-state index is 14.4. The first-order valence-corrected chi connectivity index (χ1v) is 14.5. The van der Waals surface area contributed by atoms with Gasteiger partial charge in [0.1, 0.15) is 11.6 Å². The van der Waals surface area contributed by atoms with E-state index in [9.17, 15) is 18.4 Å². The lowest BCUT2D eigenvalue weighted by Crippen LogP contribution is -2.31. The second kappa shape index (κ2) is 9.29. The third-order valence-corrected chi connectivity index (χ3v) is 8.99. The summed E-state index contributed by atoms with van der Waals surface area (Å²) >= 11 is 0. The number of hydrogen-bond acceptors (Lipinski definition) is 3. The molecule has 6 aromatic carbocycles. The highest BCUT2D eigenvalue weighted by atomic mass is 19.1. The molecule has 0 unspecified atom stereocenters. The van der Waals surface area contributed by atoms with Gasteiger partial charge in [0.15, 0.2) is 11.6 Å². The van der Waals surface area contributed by atoms with Crippen molar-refractivity contribution >= 4 is 56.2 Å². The van der Waals surface area contributed by atoms with Crippen LogP contribution in [0.15, 0.2) is 115 Å². The van der Waals surface area contributed by atoms with Crippen LogP contribution in [0.3, 0.4) is 0 Å². The molecule has 2 aliphatic rings. The van der Waals surface area contributed by atoms with Gasteiger partial charge in [-0.05, 0) is 86.8 Å². The molecular weight excluding hydrogens is 552 g/mol. The molecule has 0 aromatic heterocycles. The summed E-state index contributed by atoms with van der Waals surface area (Å²) in [7, 11) is 0. The van der Waals surface area contributed by atoms with Gasteiger partial charge in [0.05, 0.1) is 22.6 Å². The number of fused-ring (bicyclic) bond motifs is 6. The van der Waals surface area contributed by atoms with Gasteiger partial charge < -0.3 is 4.90 Å². The highest BCUT2D eigenvalue weighted by Crippen LogP contribution is 2.54. The molecule has 0 bridgehead atoms. The van der Waals surface area contributed by atoms with Crippen molar-refractivity contribution in [2.24, 2.45) is 0 Å². The fourth-order valence-corrected chi connectivity index (χ4v) is 6.98. The molecule has 0 saturated carbocycles. The molecule has 1 heterocycles. The summed E-state index contributed by atoms with van der Waals surface area (Å²) in [4.78, 5) is 28.7. The van der Waals surface area contributed by atoms with Crippen LogP contribution in [0.25, 0.3) is 27.6 Å². The van der Waals surface area contributed by atoms with E-state index in [4.69, 9.17) is 0 Å². The molecule has 1 aliphatic carbocycles. The van der Waals surface area contributed by atoms with Crippen molar-refractivity contribution in [3.05, 3.63) is 154 Å². The van der Waals surface area contributed by atoms with Crippen molar-refractivity contribution in [1.29, 1.82) is 0 Å². The summed E-state index contributed by atoms with van der Waals surface area (Å²) in [5.41, 5.74) is 5.47. The molecule has 0 fully saturated rings. The number of benzene rings is 6. The Balaban J connectivity index is 1.27. The molecule has 5 heteroatoms. The third kappa shape index (κ3) is 3.79. The molecule has 0 atom stereocenters. The van der Waals surface area contributed by atoms with Crippen LogP contribution in [0.4, 0.5) is 25.8 Å². The first-order chi connectivity index (χ1) is 21.2. The molecule has 0 amide bonds. The average Bonchev–Trinajstić information content (AvgIpc) is 3.23. The second-order valence-electron chi connectivity index (χ2n) is 12.0. The number of hydrogen-bond donors (Lipinski definition) is 0. The Morgan fingerprint density at radius 2 is 1.27 bits per heavy atom. The molecule has 1 aliphatic heterocycles. The summed E-state index contributed by atoms with van der Waals surface area (Å²) in [6.07, 6.45) is 1.68. The maximum atomic E-state index is 14.4. The zero-order valence-corrected chi connectivity index (χ0v) is 24.0. The highest BCUT2D eigenvalue weighted by Gasteiger charge is 2.38. The van der Waals surface area contributed by atoms with Gasteiger partial charge in [-0.1, -0.05) is 74.5 Å². The van der Waals surface area contributed by atoms with Crippen molar-refractivity contribution in [1.82, 2.24) is 0 Å². The quantitative estimate of drug-likeness (QED) is 0.152. The van der Waals surface area contributed by atoms with Crippen LogP contribution < -0.4 is 4.90 Å². The van der Waals surface area contributed by atoms with E-state index < -0.39 is 17.0 Å². The summed E-state index contributed by atoms with van der Waals surface area (Å²) in [5.74, 6) is -1.82. The Labute approximate surface area is 252 Å². The van der Waals surface area contributed by atoms with Crippen LogP contribution in [-0.4, -0.2) is 11.6 Å². The standard InChI is InChI=1S/C39H25F2NO2/c1-39(2)33-9-5-6-10-34(33)42(28-20-26(40)19-27(41)21-28)35-14-12-25-15-22(11-13-29(25)36(35)39)16-32-37(43)30-17-23-7-3-4-8-24(23)18-31(30)38(32)44/h3-21H,1-2H3. The largest absolute Gasteiger partial charge is 0.310 e. The van der Waals surface area contributed by atoms with Gasteiger partial charge in [-0.3, -0.25) is 9.59 Å². The lowest BCUT2D eigenvalue weighted by molar-refractivity contribution is 0.0990. The van der Waals surface area contributed by atoms with Crippen LogP contribution in [0.2, 0.25) is 0 Å². The van der Waals surface area contributed by atoms with Crippen LogP contribution in [-0.2, 0) is 5.41 Å². The molecule has 0 N–H and O–H groups in total. The number of Topliss-reactive ketones (excluding diaryl/α,β-unsaturated/α-hetero) is 2. The van der Waals surface area contributed by atoms with Gasteiger partial charge in [-0.15, -0.1) is 0 Å². The lowest BCUT2D eigenvalue weighted by Gasteiger charge is -2.42. The van der Waals surface area contributed by atoms with E-state index >= 15 is 0 Å². The van der Waals surface area contributed by atoms with Crippen LogP contribution in [0.1, 0.15) is 51.3 Å². The molecule has 44 heavy (non-hydrogen) atoms. The zero-order valence-electron chi connectivity index (χ0n) is 24.0.